The number of nitrogens with one attached hydrogen (secondary N) is 1. The summed E-state index contributed by atoms with van der Waals surface area (Å²) in [5.41, 5.74) is 0.590. The van der Waals surface area contributed by atoms with Crippen LogP contribution in [0.15, 0.2) is 36.4 Å². The van der Waals surface area contributed by atoms with E-state index in [2.05, 4.69) is 5.32 Å². The van der Waals surface area contributed by atoms with Gasteiger partial charge in [0, 0.05) is 6.08 Å². The van der Waals surface area contributed by atoms with Gasteiger partial charge in [0.05, 0.1) is 5.69 Å². The van der Waals surface area contributed by atoms with Gasteiger partial charge in [-0.25, -0.2) is 4.79 Å². The molecule has 16 heavy (non-hydrogen) atoms. The molecule has 1 unspecified atom stereocenters. The highest BCUT2D eigenvalue weighted by Gasteiger charge is 2.24. The molecule has 0 aromatic heterocycles. The van der Waals surface area contributed by atoms with E-state index in [4.69, 9.17) is 9.84 Å². The lowest BCUT2D eigenvalue weighted by Gasteiger charge is -2.23. The first-order chi connectivity index (χ1) is 7.66. The molecule has 0 radical (unpaired) electrons. The van der Waals surface area contributed by atoms with Crippen LogP contribution in [0.5, 0.6) is 5.75 Å². The van der Waals surface area contributed by atoms with Crippen LogP contribution in [-0.4, -0.2) is 23.1 Å². The molecule has 1 aromatic rings. The number of amides is 1. The number of carbonyl (C=O) groups is 2. The van der Waals surface area contributed by atoms with Gasteiger partial charge in [-0.05, 0) is 18.2 Å². The third-order valence-electron chi connectivity index (χ3n) is 2.07. The molecule has 2 N–H and O–H groups in total. The Morgan fingerprint density at radius 3 is 2.94 bits per heavy atom. The lowest BCUT2D eigenvalue weighted by Crippen LogP contribution is -2.35. The highest BCUT2D eigenvalue weighted by atomic mass is 16.5. The fraction of sp³-hybridized carbons (Fsp3) is 0.0909. The van der Waals surface area contributed by atoms with Crippen LogP contribution < -0.4 is 10.1 Å². The Morgan fingerprint density at radius 1 is 1.44 bits per heavy atom. The zero-order chi connectivity index (χ0) is 11.5. The molecule has 0 fully saturated rings. The van der Waals surface area contributed by atoms with Crippen LogP contribution in [0.2, 0.25) is 0 Å². The van der Waals surface area contributed by atoms with Crippen molar-refractivity contribution in [2.45, 2.75) is 6.10 Å². The Hall–Kier alpha value is -2.30. The van der Waals surface area contributed by atoms with Crippen LogP contribution in [0.3, 0.4) is 0 Å². The summed E-state index contributed by atoms with van der Waals surface area (Å²) in [5.74, 6) is -0.964. The van der Waals surface area contributed by atoms with Crippen LogP contribution in [0.25, 0.3) is 0 Å². The number of aliphatic carboxylic acids is 1. The first kappa shape index (κ1) is 10.2. The van der Waals surface area contributed by atoms with Crippen molar-refractivity contribution < 1.29 is 19.4 Å². The number of anilines is 1. The van der Waals surface area contributed by atoms with Gasteiger partial charge in [0.2, 0.25) is 0 Å². The van der Waals surface area contributed by atoms with Crippen molar-refractivity contribution in [3.8, 4) is 5.75 Å². The average molecular weight is 219 g/mol. The molecule has 1 aliphatic heterocycles. The standard InChI is InChI=1S/C11H9NO4/c13-10(14)6-5-9-11(15)12-7-3-1-2-4-8(7)16-9/h1-6,9H,(H,12,15)(H,13,14)/b6-5+. The molecule has 0 spiro atoms. The van der Waals surface area contributed by atoms with Gasteiger partial charge < -0.3 is 15.2 Å². The maximum Gasteiger partial charge on any atom is 0.328 e. The van der Waals surface area contributed by atoms with Gasteiger partial charge >= 0.3 is 5.97 Å². The summed E-state index contributed by atoms with van der Waals surface area (Å²) in [6.07, 6.45) is 1.19. The molecule has 1 aromatic carbocycles. The number of rotatable bonds is 2. The zero-order valence-electron chi connectivity index (χ0n) is 8.21. The summed E-state index contributed by atoms with van der Waals surface area (Å²) in [4.78, 5) is 21.8. The van der Waals surface area contributed by atoms with Crippen LogP contribution in [0.1, 0.15) is 0 Å². The minimum absolute atomic E-state index is 0.379. The largest absolute Gasteiger partial charge is 0.478 e. The number of carboxylic acid groups (broad SMARTS) is 1. The zero-order valence-corrected chi connectivity index (χ0v) is 8.21. The highest BCUT2D eigenvalue weighted by molar-refractivity contribution is 5.99. The molecule has 0 bridgehead atoms. The molecule has 5 heteroatoms. The molecular weight excluding hydrogens is 210 g/mol. The second kappa shape index (κ2) is 4.06. The lowest BCUT2D eigenvalue weighted by molar-refractivity contribution is -0.131. The fourth-order valence-corrected chi connectivity index (χ4v) is 1.36. The topological polar surface area (TPSA) is 75.6 Å². The van der Waals surface area contributed by atoms with Crippen molar-refractivity contribution in [2.24, 2.45) is 0 Å². The summed E-state index contributed by atoms with van der Waals surface area (Å²) in [7, 11) is 0. The molecule has 1 atom stereocenters. The second-order valence-corrected chi connectivity index (χ2v) is 3.22. The maximum atomic E-state index is 11.5. The van der Waals surface area contributed by atoms with E-state index in [0.29, 0.717) is 11.4 Å². The SMILES string of the molecule is O=C(O)/C=C/C1Oc2ccccc2NC1=O. The summed E-state index contributed by atoms with van der Waals surface area (Å²) >= 11 is 0. The van der Waals surface area contributed by atoms with Crippen LogP contribution in [0.4, 0.5) is 5.69 Å². The molecular formula is C11H9NO4. The van der Waals surface area contributed by atoms with E-state index in [1.807, 2.05) is 0 Å². The third-order valence-corrected chi connectivity index (χ3v) is 2.07. The van der Waals surface area contributed by atoms with Crippen LogP contribution in [-0.2, 0) is 9.59 Å². The number of fused-ring (bicyclic) bond motifs is 1. The summed E-state index contributed by atoms with van der Waals surface area (Å²) in [5, 5.41) is 11.1. The Kier molecular flexibility index (Phi) is 2.59. The average Bonchev–Trinajstić information content (AvgIpc) is 2.26. The predicted molar refractivity (Wildman–Crippen MR) is 56.3 cm³/mol. The number of ether oxygens (including phenoxy) is 1. The van der Waals surface area contributed by atoms with Crippen molar-refractivity contribution in [3.05, 3.63) is 36.4 Å². The first-order valence-corrected chi connectivity index (χ1v) is 4.64. The van der Waals surface area contributed by atoms with Crippen molar-refractivity contribution >= 4 is 17.6 Å². The molecule has 1 heterocycles. The Labute approximate surface area is 91.3 Å². The Bertz CT molecular complexity index is 467. The van der Waals surface area contributed by atoms with E-state index in [-0.39, 0.29) is 5.91 Å². The van der Waals surface area contributed by atoms with Gasteiger partial charge in [-0.1, -0.05) is 12.1 Å². The molecule has 1 amide bonds. The van der Waals surface area contributed by atoms with Gasteiger partial charge in [0.15, 0.2) is 6.10 Å². The van der Waals surface area contributed by atoms with E-state index >= 15 is 0 Å². The molecule has 5 nitrogen and oxygen atoms in total. The van der Waals surface area contributed by atoms with E-state index < -0.39 is 12.1 Å². The number of hydrogen-bond acceptors (Lipinski definition) is 3. The number of para-hydroxylation sites is 2. The molecule has 82 valence electrons. The van der Waals surface area contributed by atoms with E-state index in [9.17, 15) is 9.59 Å². The van der Waals surface area contributed by atoms with Gasteiger partial charge in [0.1, 0.15) is 5.75 Å². The highest BCUT2D eigenvalue weighted by Crippen LogP contribution is 2.28. The van der Waals surface area contributed by atoms with Gasteiger partial charge in [0.25, 0.3) is 5.91 Å². The molecule has 0 aliphatic carbocycles. The fourth-order valence-electron chi connectivity index (χ4n) is 1.36. The summed E-state index contributed by atoms with van der Waals surface area (Å²) in [6, 6.07) is 6.96. The number of carboxylic acids is 1. The normalized spacial score (nSPS) is 18.8. The van der Waals surface area contributed by atoms with Crippen molar-refractivity contribution in [1.82, 2.24) is 0 Å². The number of benzene rings is 1. The predicted octanol–water partition coefficient (Wildman–Crippen LogP) is 1.03. The van der Waals surface area contributed by atoms with E-state index in [1.54, 1.807) is 24.3 Å². The van der Waals surface area contributed by atoms with Gasteiger partial charge in [-0.15, -0.1) is 0 Å². The van der Waals surface area contributed by atoms with Crippen LogP contribution >= 0.6 is 0 Å². The molecule has 0 saturated carbocycles. The molecule has 0 saturated heterocycles. The molecule has 2 rings (SSSR count). The first-order valence-electron chi connectivity index (χ1n) is 4.64. The van der Waals surface area contributed by atoms with Crippen molar-refractivity contribution in [3.63, 3.8) is 0 Å². The van der Waals surface area contributed by atoms with Gasteiger partial charge in [-0.3, -0.25) is 4.79 Å². The van der Waals surface area contributed by atoms with Crippen LogP contribution in [0, 0.1) is 0 Å². The van der Waals surface area contributed by atoms with Crippen molar-refractivity contribution in [1.29, 1.82) is 0 Å². The number of carbonyl (C=O) groups excluding carboxylic acids is 1. The minimum atomic E-state index is -1.12. The monoisotopic (exact) mass is 219 g/mol. The Morgan fingerprint density at radius 2 is 2.19 bits per heavy atom. The number of hydrogen-bond donors (Lipinski definition) is 2. The second-order valence-electron chi connectivity index (χ2n) is 3.22. The summed E-state index contributed by atoms with van der Waals surface area (Å²) < 4.78 is 5.33. The lowest BCUT2D eigenvalue weighted by atomic mass is 10.2. The van der Waals surface area contributed by atoms with Crippen molar-refractivity contribution in [2.75, 3.05) is 5.32 Å². The minimum Gasteiger partial charge on any atom is -0.478 e. The van der Waals surface area contributed by atoms with E-state index in [0.717, 1.165) is 6.08 Å². The van der Waals surface area contributed by atoms with E-state index in [1.165, 1.54) is 6.08 Å². The summed E-state index contributed by atoms with van der Waals surface area (Å²) in [6.45, 7) is 0. The Balaban J connectivity index is 2.21. The molecule has 1 aliphatic rings. The quantitative estimate of drug-likeness (QED) is 0.728. The smallest absolute Gasteiger partial charge is 0.328 e. The maximum absolute atomic E-state index is 11.5. The van der Waals surface area contributed by atoms with Gasteiger partial charge in [-0.2, -0.15) is 0 Å². The third kappa shape index (κ3) is 2.03.